The van der Waals surface area contributed by atoms with Gasteiger partial charge in [-0.15, -0.1) is 0 Å². The first-order valence-electron chi connectivity index (χ1n) is 13.9. The van der Waals surface area contributed by atoms with E-state index in [0.717, 1.165) is 63.2 Å². The Labute approximate surface area is 204 Å². The molecule has 0 aromatic heterocycles. The van der Waals surface area contributed by atoms with Gasteiger partial charge in [-0.3, -0.25) is 0 Å². The highest BCUT2D eigenvalue weighted by Crippen LogP contribution is 2.29. The van der Waals surface area contributed by atoms with Crippen molar-refractivity contribution in [2.24, 2.45) is 0 Å². The molecule has 33 heavy (non-hydrogen) atoms. The number of aryl methyl sites for hydroxylation is 1. The van der Waals surface area contributed by atoms with Gasteiger partial charge in [-0.05, 0) is 50.3 Å². The largest absolute Gasteiger partial charge is 0.490 e. The van der Waals surface area contributed by atoms with E-state index in [0.29, 0.717) is 13.2 Å². The van der Waals surface area contributed by atoms with Crippen molar-refractivity contribution in [3.8, 4) is 11.5 Å². The maximum absolute atomic E-state index is 8.80. The van der Waals surface area contributed by atoms with Crippen LogP contribution in [-0.4, -0.2) is 36.6 Å². The second-order valence-electron chi connectivity index (χ2n) is 9.46. The van der Waals surface area contributed by atoms with Gasteiger partial charge in [0.25, 0.3) is 0 Å². The number of rotatable bonds is 24. The van der Waals surface area contributed by atoms with Gasteiger partial charge in [0, 0.05) is 13.2 Å². The Morgan fingerprint density at radius 1 is 0.485 bits per heavy atom. The van der Waals surface area contributed by atoms with Crippen LogP contribution in [0.2, 0.25) is 0 Å². The summed E-state index contributed by atoms with van der Waals surface area (Å²) in [6.07, 6.45) is 21.8. The van der Waals surface area contributed by atoms with E-state index in [4.69, 9.17) is 19.7 Å². The topological polar surface area (TPSA) is 58.9 Å². The molecule has 0 radical (unpaired) electrons. The molecule has 0 aliphatic heterocycles. The lowest BCUT2D eigenvalue weighted by Crippen LogP contribution is -2.03. The van der Waals surface area contributed by atoms with Crippen LogP contribution in [0.5, 0.6) is 11.5 Å². The van der Waals surface area contributed by atoms with E-state index in [-0.39, 0.29) is 0 Å². The van der Waals surface area contributed by atoms with E-state index in [2.05, 4.69) is 19.1 Å². The highest BCUT2D eigenvalue weighted by Gasteiger charge is 2.06. The Hall–Kier alpha value is -1.26. The van der Waals surface area contributed by atoms with Crippen molar-refractivity contribution in [3.63, 3.8) is 0 Å². The second-order valence-corrected chi connectivity index (χ2v) is 9.46. The molecule has 0 bridgehead atoms. The summed E-state index contributed by atoms with van der Waals surface area (Å²) in [7, 11) is 0. The van der Waals surface area contributed by atoms with Crippen LogP contribution >= 0.6 is 0 Å². The molecule has 0 heterocycles. The fourth-order valence-corrected chi connectivity index (χ4v) is 4.11. The summed E-state index contributed by atoms with van der Waals surface area (Å²) in [5.41, 5.74) is 1.21. The number of aliphatic hydroxyl groups is 2. The Kier molecular flexibility index (Phi) is 20.3. The number of benzene rings is 1. The monoisotopic (exact) mass is 464 g/mol. The molecule has 0 aliphatic carbocycles. The minimum absolute atomic E-state index is 0.335. The lowest BCUT2D eigenvalue weighted by atomic mass is 10.1. The summed E-state index contributed by atoms with van der Waals surface area (Å²) in [6.45, 7) is 4.28. The van der Waals surface area contributed by atoms with Gasteiger partial charge in [-0.1, -0.05) is 96.0 Å². The van der Waals surface area contributed by atoms with Crippen molar-refractivity contribution in [3.05, 3.63) is 23.8 Å². The molecule has 4 heteroatoms. The standard InChI is InChI=1S/C29H52O4/c1-27-20-21-28(32-24-18-14-10-6-2-4-8-12-16-22-30)29(26-27)33-25-19-15-11-7-3-5-9-13-17-23-31/h20-21,26,30-31H,2-19,22-25H2,1H3. The second kappa shape index (κ2) is 22.5. The van der Waals surface area contributed by atoms with Crippen LogP contribution in [0.3, 0.4) is 0 Å². The fraction of sp³-hybridized carbons (Fsp3) is 0.793. The van der Waals surface area contributed by atoms with Gasteiger partial charge in [0.1, 0.15) is 0 Å². The first-order chi connectivity index (χ1) is 16.3. The van der Waals surface area contributed by atoms with Gasteiger partial charge in [0.05, 0.1) is 13.2 Å². The zero-order valence-corrected chi connectivity index (χ0v) is 21.5. The van der Waals surface area contributed by atoms with E-state index < -0.39 is 0 Å². The Bertz CT molecular complexity index is 546. The molecule has 1 aromatic carbocycles. The average molecular weight is 465 g/mol. The van der Waals surface area contributed by atoms with Gasteiger partial charge >= 0.3 is 0 Å². The zero-order valence-electron chi connectivity index (χ0n) is 21.5. The van der Waals surface area contributed by atoms with Crippen molar-refractivity contribution in [1.29, 1.82) is 0 Å². The Morgan fingerprint density at radius 3 is 1.27 bits per heavy atom. The number of ether oxygens (including phenoxy) is 2. The maximum Gasteiger partial charge on any atom is 0.161 e. The molecule has 1 aromatic rings. The molecule has 4 nitrogen and oxygen atoms in total. The van der Waals surface area contributed by atoms with Crippen molar-refractivity contribution < 1.29 is 19.7 Å². The number of hydrogen-bond donors (Lipinski definition) is 2. The van der Waals surface area contributed by atoms with Crippen molar-refractivity contribution in [2.45, 2.75) is 122 Å². The van der Waals surface area contributed by atoms with E-state index >= 15 is 0 Å². The first kappa shape index (κ1) is 29.8. The molecule has 0 fully saturated rings. The van der Waals surface area contributed by atoms with E-state index in [1.807, 2.05) is 6.07 Å². The van der Waals surface area contributed by atoms with Crippen LogP contribution < -0.4 is 9.47 Å². The summed E-state index contributed by atoms with van der Waals surface area (Å²) in [5, 5.41) is 17.6. The summed E-state index contributed by atoms with van der Waals surface area (Å²) >= 11 is 0. The van der Waals surface area contributed by atoms with Crippen LogP contribution in [0.1, 0.15) is 121 Å². The smallest absolute Gasteiger partial charge is 0.161 e. The van der Waals surface area contributed by atoms with Gasteiger partial charge in [-0.25, -0.2) is 0 Å². The highest BCUT2D eigenvalue weighted by molar-refractivity contribution is 5.42. The molecular weight excluding hydrogens is 412 g/mol. The Morgan fingerprint density at radius 2 is 0.848 bits per heavy atom. The van der Waals surface area contributed by atoms with Crippen molar-refractivity contribution >= 4 is 0 Å². The van der Waals surface area contributed by atoms with Crippen LogP contribution in [-0.2, 0) is 0 Å². The van der Waals surface area contributed by atoms with Crippen molar-refractivity contribution in [2.75, 3.05) is 26.4 Å². The van der Waals surface area contributed by atoms with Crippen LogP contribution in [0.25, 0.3) is 0 Å². The Balaban J connectivity index is 2.07. The fourth-order valence-electron chi connectivity index (χ4n) is 4.11. The van der Waals surface area contributed by atoms with E-state index in [1.165, 1.54) is 82.6 Å². The molecule has 0 amide bonds. The SMILES string of the molecule is Cc1ccc(OCCCCCCCCCCCO)c(OCCCCCCCCCCCO)c1. The highest BCUT2D eigenvalue weighted by atomic mass is 16.5. The number of hydrogen-bond acceptors (Lipinski definition) is 4. The van der Waals surface area contributed by atoms with Gasteiger partial charge < -0.3 is 19.7 Å². The van der Waals surface area contributed by atoms with E-state index in [9.17, 15) is 0 Å². The third kappa shape index (κ3) is 17.8. The van der Waals surface area contributed by atoms with Crippen LogP contribution in [0, 0.1) is 6.92 Å². The molecular formula is C29H52O4. The molecule has 0 aliphatic rings. The average Bonchev–Trinajstić information content (AvgIpc) is 2.82. The third-order valence-corrected chi connectivity index (χ3v) is 6.22. The maximum atomic E-state index is 8.80. The predicted octanol–water partition coefficient (Wildman–Crippen LogP) is 7.76. The lowest BCUT2D eigenvalue weighted by molar-refractivity contribution is 0.258. The van der Waals surface area contributed by atoms with Crippen molar-refractivity contribution in [1.82, 2.24) is 0 Å². The molecule has 1 rings (SSSR count). The third-order valence-electron chi connectivity index (χ3n) is 6.22. The van der Waals surface area contributed by atoms with E-state index in [1.54, 1.807) is 0 Å². The normalized spacial score (nSPS) is 11.1. The molecule has 2 N–H and O–H groups in total. The number of aliphatic hydroxyl groups excluding tert-OH is 2. The summed E-state index contributed by atoms with van der Waals surface area (Å²) in [4.78, 5) is 0. The quantitative estimate of drug-likeness (QED) is 0.153. The minimum Gasteiger partial charge on any atom is -0.490 e. The van der Waals surface area contributed by atoms with Gasteiger partial charge in [0.15, 0.2) is 11.5 Å². The summed E-state index contributed by atoms with van der Waals surface area (Å²) < 4.78 is 12.1. The van der Waals surface area contributed by atoms with Crippen LogP contribution in [0.4, 0.5) is 0 Å². The molecule has 0 saturated heterocycles. The zero-order chi connectivity index (χ0) is 23.8. The minimum atomic E-state index is 0.335. The van der Waals surface area contributed by atoms with Gasteiger partial charge in [-0.2, -0.15) is 0 Å². The first-order valence-corrected chi connectivity index (χ1v) is 13.9. The van der Waals surface area contributed by atoms with Crippen LogP contribution in [0.15, 0.2) is 18.2 Å². The molecule has 0 saturated carbocycles. The number of unbranched alkanes of at least 4 members (excludes halogenated alkanes) is 16. The summed E-state index contributed by atoms with van der Waals surface area (Å²) in [5.74, 6) is 1.77. The molecule has 0 spiro atoms. The predicted molar refractivity (Wildman–Crippen MR) is 139 cm³/mol. The molecule has 0 atom stereocenters. The summed E-state index contributed by atoms with van der Waals surface area (Å²) in [6, 6.07) is 6.24. The molecule has 192 valence electrons. The van der Waals surface area contributed by atoms with Gasteiger partial charge in [0.2, 0.25) is 0 Å². The lowest BCUT2D eigenvalue weighted by Gasteiger charge is -2.13. The molecule has 0 unspecified atom stereocenters.